The van der Waals surface area contributed by atoms with E-state index < -0.39 is 5.91 Å². The summed E-state index contributed by atoms with van der Waals surface area (Å²) in [5.74, 6) is 0.745. The Morgan fingerprint density at radius 3 is 2.65 bits per heavy atom. The number of nitrogens with zero attached hydrogens (tertiary/aromatic N) is 1. The van der Waals surface area contributed by atoms with Crippen molar-refractivity contribution in [3.8, 4) is 17.6 Å². The molecule has 114 valence electrons. The van der Waals surface area contributed by atoms with E-state index >= 15 is 0 Å². The van der Waals surface area contributed by atoms with Crippen LogP contribution in [0.4, 0.5) is 5.69 Å². The number of rotatable bonds is 3. The summed E-state index contributed by atoms with van der Waals surface area (Å²) in [6.07, 6.45) is 1.56. The van der Waals surface area contributed by atoms with Gasteiger partial charge in [0.25, 0.3) is 5.91 Å². The van der Waals surface area contributed by atoms with Gasteiger partial charge in [0.1, 0.15) is 11.6 Å². The molecular formula is C18H14N2O3. The van der Waals surface area contributed by atoms with Crippen molar-refractivity contribution in [2.24, 2.45) is 0 Å². The second-order valence-corrected chi connectivity index (χ2v) is 5.10. The third kappa shape index (κ3) is 3.33. The number of ether oxygens (including phenoxy) is 2. The highest BCUT2D eigenvalue weighted by Gasteiger charge is 2.15. The van der Waals surface area contributed by atoms with E-state index in [2.05, 4.69) is 5.32 Å². The van der Waals surface area contributed by atoms with Gasteiger partial charge in [-0.05, 0) is 30.7 Å². The molecule has 1 aliphatic rings. The Labute approximate surface area is 133 Å². The lowest BCUT2D eigenvalue weighted by molar-refractivity contribution is -0.112. The topological polar surface area (TPSA) is 71.4 Å². The zero-order chi connectivity index (χ0) is 16.2. The number of fused-ring (bicyclic) bond motifs is 1. The Hall–Kier alpha value is -3.26. The monoisotopic (exact) mass is 306 g/mol. The van der Waals surface area contributed by atoms with Crippen LogP contribution >= 0.6 is 0 Å². The second kappa shape index (κ2) is 6.24. The first-order chi connectivity index (χ1) is 11.2. The number of amides is 1. The Bertz CT molecular complexity index is 817. The fraction of sp³-hybridized carbons (Fsp3) is 0.111. The molecule has 0 unspecified atom stereocenters. The van der Waals surface area contributed by atoms with Gasteiger partial charge in [-0.25, -0.2) is 0 Å². The fourth-order valence-electron chi connectivity index (χ4n) is 2.15. The first-order valence-electron chi connectivity index (χ1n) is 7.05. The van der Waals surface area contributed by atoms with Crippen molar-refractivity contribution in [3.63, 3.8) is 0 Å². The van der Waals surface area contributed by atoms with Crippen LogP contribution in [0.25, 0.3) is 6.08 Å². The van der Waals surface area contributed by atoms with E-state index in [1.54, 1.807) is 24.3 Å². The van der Waals surface area contributed by atoms with Crippen LogP contribution in [-0.4, -0.2) is 12.7 Å². The van der Waals surface area contributed by atoms with Crippen molar-refractivity contribution < 1.29 is 14.3 Å². The minimum absolute atomic E-state index is 0.0338. The molecule has 2 aromatic rings. The summed E-state index contributed by atoms with van der Waals surface area (Å²) in [7, 11) is 0. The van der Waals surface area contributed by atoms with E-state index in [0.717, 1.165) is 11.1 Å². The lowest BCUT2D eigenvalue weighted by Crippen LogP contribution is -2.13. The molecule has 3 rings (SSSR count). The summed E-state index contributed by atoms with van der Waals surface area (Å²) < 4.78 is 10.5. The van der Waals surface area contributed by atoms with E-state index in [-0.39, 0.29) is 12.4 Å². The largest absolute Gasteiger partial charge is 0.454 e. The van der Waals surface area contributed by atoms with Crippen LogP contribution in [0, 0.1) is 18.3 Å². The summed E-state index contributed by atoms with van der Waals surface area (Å²) in [6, 6.07) is 14.6. The third-order valence-corrected chi connectivity index (χ3v) is 3.38. The highest BCUT2D eigenvalue weighted by molar-refractivity contribution is 6.09. The molecule has 5 nitrogen and oxygen atoms in total. The summed E-state index contributed by atoms with van der Waals surface area (Å²) in [6.45, 7) is 2.15. The summed E-state index contributed by atoms with van der Waals surface area (Å²) in [4.78, 5) is 12.2. The lowest BCUT2D eigenvalue weighted by atomic mass is 10.1. The SMILES string of the molecule is Cc1ccc(C=C(C#N)C(=O)Nc2ccc3c(c2)OCO3)cc1. The van der Waals surface area contributed by atoms with Crippen molar-refractivity contribution in [2.45, 2.75) is 6.92 Å². The van der Waals surface area contributed by atoms with Gasteiger partial charge in [0, 0.05) is 11.8 Å². The van der Waals surface area contributed by atoms with Crippen molar-refractivity contribution in [1.29, 1.82) is 5.26 Å². The second-order valence-electron chi connectivity index (χ2n) is 5.10. The van der Waals surface area contributed by atoms with Gasteiger partial charge < -0.3 is 14.8 Å². The summed E-state index contributed by atoms with van der Waals surface area (Å²) >= 11 is 0. The minimum Gasteiger partial charge on any atom is -0.454 e. The molecule has 1 heterocycles. The molecule has 0 radical (unpaired) electrons. The first kappa shape index (κ1) is 14.7. The average Bonchev–Trinajstić information content (AvgIpc) is 3.02. The maximum absolute atomic E-state index is 12.2. The van der Waals surface area contributed by atoms with Gasteiger partial charge in [-0.2, -0.15) is 5.26 Å². The first-order valence-corrected chi connectivity index (χ1v) is 7.05. The Morgan fingerprint density at radius 1 is 1.17 bits per heavy atom. The number of benzene rings is 2. The molecule has 0 spiro atoms. The van der Waals surface area contributed by atoms with Crippen LogP contribution < -0.4 is 14.8 Å². The third-order valence-electron chi connectivity index (χ3n) is 3.38. The molecule has 0 atom stereocenters. The zero-order valence-electron chi connectivity index (χ0n) is 12.5. The van der Waals surface area contributed by atoms with E-state index in [9.17, 15) is 10.1 Å². The number of aryl methyl sites for hydroxylation is 1. The number of carbonyl (C=O) groups is 1. The van der Waals surface area contributed by atoms with E-state index in [1.165, 1.54) is 0 Å². The Balaban J connectivity index is 1.78. The van der Waals surface area contributed by atoms with Crippen molar-refractivity contribution in [2.75, 3.05) is 12.1 Å². The summed E-state index contributed by atoms with van der Waals surface area (Å²) in [5, 5.41) is 11.9. The van der Waals surface area contributed by atoms with Crippen molar-refractivity contribution in [1.82, 2.24) is 0 Å². The summed E-state index contributed by atoms with van der Waals surface area (Å²) in [5.41, 5.74) is 2.49. The zero-order valence-corrected chi connectivity index (χ0v) is 12.5. The molecule has 0 saturated heterocycles. The highest BCUT2D eigenvalue weighted by atomic mass is 16.7. The van der Waals surface area contributed by atoms with Gasteiger partial charge in [0.05, 0.1) is 0 Å². The Kier molecular flexibility index (Phi) is 3.98. The van der Waals surface area contributed by atoms with Gasteiger partial charge in [-0.15, -0.1) is 0 Å². The van der Waals surface area contributed by atoms with Crippen LogP contribution in [0.2, 0.25) is 0 Å². The van der Waals surface area contributed by atoms with Crippen LogP contribution in [0.1, 0.15) is 11.1 Å². The smallest absolute Gasteiger partial charge is 0.266 e. The lowest BCUT2D eigenvalue weighted by Gasteiger charge is -2.05. The Morgan fingerprint density at radius 2 is 1.91 bits per heavy atom. The van der Waals surface area contributed by atoms with Gasteiger partial charge in [0.15, 0.2) is 11.5 Å². The van der Waals surface area contributed by atoms with Gasteiger partial charge >= 0.3 is 0 Å². The minimum atomic E-state index is -0.466. The molecule has 0 bridgehead atoms. The molecule has 23 heavy (non-hydrogen) atoms. The molecule has 2 aromatic carbocycles. The predicted octanol–water partition coefficient (Wildman–Crippen LogP) is 3.27. The van der Waals surface area contributed by atoms with Gasteiger partial charge in [-0.3, -0.25) is 4.79 Å². The molecular weight excluding hydrogens is 292 g/mol. The van der Waals surface area contributed by atoms with Crippen LogP contribution in [0.3, 0.4) is 0 Å². The molecule has 1 N–H and O–H groups in total. The molecule has 0 fully saturated rings. The van der Waals surface area contributed by atoms with Crippen LogP contribution in [0.5, 0.6) is 11.5 Å². The van der Waals surface area contributed by atoms with E-state index in [1.807, 2.05) is 37.3 Å². The van der Waals surface area contributed by atoms with Crippen molar-refractivity contribution in [3.05, 3.63) is 59.2 Å². The fourth-order valence-corrected chi connectivity index (χ4v) is 2.15. The van der Waals surface area contributed by atoms with E-state index in [0.29, 0.717) is 17.2 Å². The quantitative estimate of drug-likeness (QED) is 0.698. The normalized spacial score (nSPS) is 12.6. The molecule has 1 aliphatic heterocycles. The maximum Gasteiger partial charge on any atom is 0.266 e. The van der Waals surface area contributed by atoms with Crippen LogP contribution in [0.15, 0.2) is 48.0 Å². The highest BCUT2D eigenvalue weighted by Crippen LogP contribution is 2.34. The van der Waals surface area contributed by atoms with E-state index in [4.69, 9.17) is 9.47 Å². The molecule has 1 amide bonds. The number of hydrogen-bond donors (Lipinski definition) is 1. The van der Waals surface area contributed by atoms with Crippen molar-refractivity contribution >= 4 is 17.7 Å². The number of carbonyl (C=O) groups excluding carboxylic acids is 1. The molecule has 0 saturated carbocycles. The molecule has 5 heteroatoms. The standard InChI is InChI=1S/C18H14N2O3/c1-12-2-4-13(5-3-12)8-14(10-19)18(21)20-15-6-7-16-17(9-15)23-11-22-16/h2-9H,11H2,1H3,(H,20,21). The number of hydrogen-bond acceptors (Lipinski definition) is 4. The maximum atomic E-state index is 12.2. The molecule has 0 aromatic heterocycles. The number of nitriles is 1. The predicted molar refractivity (Wildman–Crippen MR) is 86.0 cm³/mol. The average molecular weight is 306 g/mol. The number of anilines is 1. The number of nitrogens with one attached hydrogen (secondary N) is 1. The van der Waals surface area contributed by atoms with Crippen LogP contribution in [-0.2, 0) is 4.79 Å². The molecule has 0 aliphatic carbocycles. The van der Waals surface area contributed by atoms with Gasteiger partial charge in [0.2, 0.25) is 6.79 Å². The van der Waals surface area contributed by atoms with Gasteiger partial charge in [-0.1, -0.05) is 29.8 Å².